The van der Waals surface area contributed by atoms with Gasteiger partial charge in [0, 0.05) is 12.0 Å². The van der Waals surface area contributed by atoms with Gasteiger partial charge in [-0.15, -0.1) is 0 Å². The predicted octanol–water partition coefficient (Wildman–Crippen LogP) is 0.856. The van der Waals surface area contributed by atoms with E-state index in [9.17, 15) is 4.79 Å². The lowest BCUT2D eigenvalue weighted by Crippen LogP contribution is -3.00. The Balaban J connectivity index is 0. The number of hydrogen-bond donors (Lipinski definition) is 1. The van der Waals surface area contributed by atoms with Crippen LogP contribution in [-0.4, -0.2) is 37.2 Å². The van der Waals surface area contributed by atoms with Crippen LogP contribution in [0.2, 0.25) is 0 Å². The van der Waals surface area contributed by atoms with Crippen molar-refractivity contribution in [1.29, 1.82) is 0 Å². The molecule has 1 N–H and O–H groups in total. The maximum Gasteiger partial charge on any atom is 0.250 e. The summed E-state index contributed by atoms with van der Waals surface area (Å²) in [5.74, 6) is -0.0222. The molecule has 0 aliphatic rings. The average molecular weight is 319 g/mol. The first-order valence-electron chi connectivity index (χ1n) is 8.14. The second-order valence-electron chi connectivity index (χ2n) is 6.45. The van der Waals surface area contributed by atoms with E-state index in [0.717, 1.165) is 17.4 Å². The number of unbranched alkanes of at least 4 members (excludes halogenated alkanes) is 5. The lowest BCUT2D eigenvalue weighted by atomic mass is 10.1. The highest BCUT2D eigenvalue weighted by Gasteiger charge is 2.27. The van der Waals surface area contributed by atoms with Gasteiger partial charge in [0.1, 0.15) is 0 Å². The van der Waals surface area contributed by atoms with Gasteiger partial charge >= 0.3 is 0 Å². The Morgan fingerprint density at radius 1 is 1.10 bits per heavy atom. The zero-order chi connectivity index (χ0) is 15.6. The van der Waals surface area contributed by atoms with Gasteiger partial charge in [0.25, 0.3) is 5.91 Å². The number of amides is 1. The minimum Gasteiger partial charge on any atom is -1.00 e. The quantitative estimate of drug-likeness (QED) is 0.260. The van der Waals surface area contributed by atoms with Crippen LogP contribution in [0.25, 0.3) is 0 Å². The Bertz CT molecular complexity index is 303. The number of carbonyl (C=O) groups is 1. The summed E-state index contributed by atoms with van der Waals surface area (Å²) < 4.78 is 0.850. The minimum absolute atomic E-state index is 0. The summed E-state index contributed by atoms with van der Waals surface area (Å²) in [6.07, 6.45) is 8.99. The molecule has 3 nitrogen and oxygen atoms in total. The molecule has 0 fully saturated rings. The number of quaternary nitrogens is 1. The first-order chi connectivity index (χ1) is 9.35. The van der Waals surface area contributed by atoms with E-state index in [0.29, 0.717) is 5.57 Å². The molecule has 0 aliphatic heterocycles. The molecule has 0 radical (unpaired) electrons. The van der Waals surface area contributed by atoms with Crippen LogP contribution < -0.4 is 17.7 Å². The van der Waals surface area contributed by atoms with Gasteiger partial charge in [-0.3, -0.25) is 4.79 Å². The van der Waals surface area contributed by atoms with E-state index in [-0.39, 0.29) is 24.5 Å². The van der Waals surface area contributed by atoms with Crippen LogP contribution in [0.15, 0.2) is 12.2 Å². The van der Waals surface area contributed by atoms with Gasteiger partial charge in [0.2, 0.25) is 0 Å². The maximum atomic E-state index is 11.8. The number of nitrogens with one attached hydrogen (secondary N) is 1. The topological polar surface area (TPSA) is 29.1 Å². The van der Waals surface area contributed by atoms with Crippen LogP contribution in [0, 0.1) is 0 Å². The molecule has 0 rings (SSSR count). The molecule has 0 heterocycles. The Labute approximate surface area is 138 Å². The van der Waals surface area contributed by atoms with Crippen molar-refractivity contribution in [2.75, 3.05) is 20.6 Å². The zero-order valence-corrected chi connectivity index (χ0v) is 15.4. The molecule has 0 aromatic heterocycles. The monoisotopic (exact) mass is 318 g/mol. The van der Waals surface area contributed by atoms with Crippen LogP contribution in [0.3, 0.4) is 0 Å². The lowest BCUT2D eigenvalue weighted by Gasteiger charge is -2.38. The summed E-state index contributed by atoms with van der Waals surface area (Å²) in [6, 6.07) is 0. The maximum absolute atomic E-state index is 11.8. The van der Waals surface area contributed by atoms with Crippen LogP contribution in [-0.2, 0) is 4.79 Å². The van der Waals surface area contributed by atoms with E-state index in [1.165, 1.54) is 38.5 Å². The van der Waals surface area contributed by atoms with E-state index < -0.39 is 0 Å². The number of nitrogens with zero attached hydrogens (tertiary/aromatic N) is 1. The number of carbonyl (C=O) groups excluding carboxylic acids is 1. The van der Waals surface area contributed by atoms with Crippen molar-refractivity contribution in [1.82, 2.24) is 5.32 Å². The zero-order valence-electron chi connectivity index (χ0n) is 14.7. The van der Waals surface area contributed by atoms with Gasteiger partial charge in [-0.2, -0.15) is 0 Å². The summed E-state index contributed by atoms with van der Waals surface area (Å²) in [4.78, 5) is 11.8. The fourth-order valence-electron chi connectivity index (χ4n) is 2.50. The van der Waals surface area contributed by atoms with Crippen molar-refractivity contribution in [2.45, 2.75) is 71.9 Å². The van der Waals surface area contributed by atoms with E-state index in [4.69, 9.17) is 0 Å². The molecule has 21 heavy (non-hydrogen) atoms. The van der Waals surface area contributed by atoms with Crippen molar-refractivity contribution >= 4 is 5.91 Å². The van der Waals surface area contributed by atoms with Gasteiger partial charge in [-0.05, 0) is 19.8 Å². The van der Waals surface area contributed by atoms with Crippen LogP contribution >= 0.6 is 0 Å². The fraction of sp³-hybridized carbons (Fsp3) is 0.824. The average Bonchev–Trinajstić information content (AvgIpc) is 2.39. The van der Waals surface area contributed by atoms with Crippen LogP contribution in [0.1, 0.15) is 65.7 Å². The normalized spacial score (nSPS) is 12.4. The third-order valence-corrected chi connectivity index (χ3v) is 4.00. The molecule has 0 spiro atoms. The SMILES string of the molecule is C=C(C)C(=O)NC(CC)[N+](C)(C)CCCCCCCC.[Cl-]. The lowest BCUT2D eigenvalue weighted by molar-refractivity contribution is -0.917. The highest BCUT2D eigenvalue weighted by molar-refractivity contribution is 5.92. The summed E-state index contributed by atoms with van der Waals surface area (Å²) in [5, 5.41) is 3.10. The molecular weight excluding hydrogens is 284 g/mol. The summed E-state index contributed by atoms with van der Waals surface area (Å²) in [6.45, 7) is 11.0. The Hall–Kier alpha value is -0.540. The Kier molecular flexibility index (Phi) is 13.0. The molecule has 0 bridgehead atoms. The molecule has 1 amide bonds. The number of halogens is 1. The molecular formula is C17H35ClN2O. The molecule has 0 aliphatic carbocycles. The van der Waals surface area contributed by atoms with E-state index in [1.807, 2.05) is 0 Å². The van der Waals surface area contributed by atoms with Gasteiger partial charge in [-0.25, -0.2) is 0 Å². The molecule has 0 aromatic carbocycles. The van der Waals surface area contributed by atoms with E-state index in [2.05, 4.69) is 39.8 Å². The van der Waals surface area contributed by atoms with Gasteiger partial charge in [-0.1, -0.05) is 46.1 Å². The van der Waals surface area contributed by atoms with Crippen molar-refractivity contribution in [3.8, 4) is 0 Å². The molecule has 0 aromatic rings. The summed E-state index contributed by atoms with van der Waals surface area (Å²) in [5.41, 5.74) is 0.586. The van der Waals surface area contributed by atoms with Gasteiger partial charge in [0.15, 0.2) is 6.17 Å². The van der Waals surface area contributed by atoms with Gasteiger partial charge < -0.3 is 22.2 Å². The molecule has 1 unspecified atom stereocenters. The van der Waals surface area contributed by atoms with E-state index in [1.54, 1.807) is 6.92 Å². The van der Waals surface area contributed by atoms with Crippen LogP contribution in [0.4, 0.5) is 0 Å². The van der Waals surface area contributed by atoms with Crippen molar-refractivity contribution in [2.24, 2.45) is 0 Å². The van der Waals surface area contributed by atoms with Gasteiger partial charge in [0.05, 0.1) is 20.6 Å². The number of rotatable bonds is 11. The number of hydrogen-bond acceptors (Lipinski definition) is 1. The molecule has 1 atom stereocenters. The molecule has 4 heteroatoms. The van der Waals surface area contributed by atoms with Crippen LogP contribution in [0.5, 0.6) is 0 Å². The summed E-state index contributed by atoms with van der Waals surface area (Å²) >= 11 is 0. The predicted molar refractivity (Wildman–Crippen MR) is 87.4 cm³/mol. The minimum atomic E-state index is -0.0222. The highest BCUT2D eigenvalue weighted by atomic mass is 35.5. The second-order valence-corrected chi connectivity index (χ2v) is 6.45. The Morgan fingerprint density at radius 3 is 2.10 bits per heavy atom. The van der Waals surface area contributed by atoms with Crippen molar-refractivity contribution in [3.05, 3.63) is 12.2 Å². The van der Waals surface area contributed by atoms with E-state index >= 15 is 0 Å². The standard InChI is InChI=1S/C17H34N2O.ClH/c1-7-9-10-11-12-13-14-19(5,6)16(8-2)18-17(20)15(3)4;/h16H,3,7-14H2,1-2,4-6H3;1H. The first kappa shape index (κ1) is 22.7. The highest BCUT2D eigenvalue weighted by Crippen LogP contribution is 2.13. The Morgan fingerprint density at radius 2 is 1.62 bits per heavy atom. The van der Waals surface area contributed by atoms with Crippen molar-refractivity contribution in [3.63, 3.8) is 0 Å². The largest absolute Gasteiger partial charge is 1.00 e. The molecule has 0 saturated carbocycles. The fourth-order valence-corrected chi connectivity index (χ4v) is 2.50. The summed E-state index contributed by atoms with van der Waals surface area (Å²) in [7, 11) is 4.41. The third-order valence-electron chi connectivity index (χ3n) is 4.00. The molecule has 0 saturated heterocycles. The third kappa shape index (κ3) is 9.92. The molecule has 126 valence electrons. The first-order valence-corrected chi connectivity index (χ1v) is 8.14. The smallest absolute Gasteiger partial charge is 0.250 e. The second kappa shape index (κ2) is 12.0. The van der Waals surface area contributed by atoms with Crippen molar-refractivity contribution < 1.29 is 21.7 Å².